The fourth-order valence-corrected chi connectivity index (χ4v) is 1.63. The van der Waals surface area contributed by atoms with Crippen LogP contribution in [-0.2, 0) is 16.1 Å². The van der Waals surface area contributed by atoms with E-state index in [9.17, 15) is 9.59 Å². The van der Waals surface area contributed by atoms with Crippen LogP contribution in [0.3, 0.4) is 0 Å². The van der Waals surface area contributed by atoms with Crippen LogP contribution in [0.25, 0.3) is 0 Å². The van der Waals surface area contributed by atoms with Crippen molar-refractivity contribution >= 4 is 12.0 Å². The molecule has 1 N–H and O–H groups in total. The number of carbonyl (C=O) groups excluding carboxylic acids is 2. The van der Waals surface area contributed by atoms with E-state index in [2.05, 4.69) is 5.32 Å². The monoisotopic (exact) mass is 264 g/mol. The SMILES string of the molecule is CCOC(=O)NCCN(Cc1ccccc1)C(C)=O. The number of carbonyl (C=O) groups is 2. The molecule has 0 bridgehead atoms. The van der Waals surface area contributed by atoms with Gasteiger partial charge in [0.05, 0.1) is 6.61 Å². The Morgan fingerprint density at radius 3 is 2.53 bits per heavy atom. The number of alkyl carbamates (subject to hydrolysis) is 1. The third-order valence-corrected chi connectivity index (χ3v) is 2.59. The van der Waals surface area contributed by atoms with Crippen LogP contribution in [0.5, 0.6) is 0 Å². The van der Waals surface area contributed by atoms with E-state index in [1.54, 1.807) is 11.8 Å². The van der Waals surface area contributed by atoms with E-state index in [4.69, 9.17) is 4.74 Å². The number of rotatable bonds is 6. The Labute approximate surface area is 113 Å². The summed E-state index contributed by atoms with van der Waals surface area (Å²) in [4.78, 5) is 24.3. The normalized spacial score (nSPS) is 9.79. The maximum absolute atomic E-state index is 11.5. The molecule has 0 aliphatic carbocycles. The number of benzene rings is 1. The molecule has 0 saturated heterocycles. The number of nitrogens with zero attached hydrogens (tertiary/aromatic N) is 1. The summed E-state index contributed by atoms with van der Waals surface area (Å²) in [6.07, 6.45) is -0.453. The van der Waals surface area contributed by atoms with E-state index < -0.39 is 6.09 Å². The molecule has 104 valence electrons. The average molecular weight is 264 g/mol. The minimum Gasteiger partial charge on any atom is -0.450 e. The zero-order valence-corrected chi connectivity index (χ0v) is 11.4. The summed E-state index contributed by atoms with van der Waals surface area (Å²) in [6.45, 7) is 4.99. The average Bonchev–Trinajstić information content (AvgIpc) is 2.39. The number of ether oxygens (including phenoxy) is 1. The number of amides is 2. The van der Waals surface area contributed by atoms with E-state index in [-0.39, 0.29) is 5.91 Å². The Bertz CT molecular complexity index is 406. The van der Waals surface area contributed by atoms with Crippen LogP contribution in [-0.4, -0.2) is 36.6 Å². The lowest BCUT2D eigenvalue weighted by molar-refractivity contribution is -0.129. The molecule has 0 aliphatic heterocycles. The first-order valence-electron chi connectivity index (χ1n) is 6.33. The van der Waals surface area contributed by atoms with Gasteiger partial charge >= 0.3 is 6.09 Å². The van der Waals surface area contributed by atoms with Crippen molar-refractivity contribution in [3.63, 3.8) is 0 Å². The summed E-state index contributed by atoms with van der Waals surface area (Å²) in [5.41, 5.74) is 1.06. The lowest BCUT2D eigenvalue weighted by Crippen LogP contribution is -2.37. The van der Waals surface area contributed by atoms with E-state index in [0.717, 1.165) is 5.56 Å². The van der Waals surface area contributed by atoms with E-state index in [1.807, 2.05) is 30.3 Å². The predicted molar refractivity (Wildman–Crippen MR) is 72.6 cm³/mol. The number of hydrogen-bond donors (Lipinski definition) is 1. The maximum atomic E-state index is 11.5. The molecular weight excluding hydrogens is 244 g/mol. The standard InChI is InChI=1S/C14H20N2O3/c1-3-19-14(18)15-9-10-16(12(2)17)11-13-7-5-4-6-8-13/h4-8H,3,9-11H2,1-2H3,(H,15,18). The molecule has 0 saturated carbocycles. The van der Waals surface area contributed by atoms with Crippen LogP contribution >= 0.6 is 0 Å². The quantitative estimate of drug-likeness (QED) is 0.852. The zero-order valence-electron chi connectivity index (χ0n) is 11.4. The largest absolute Gasteiger partial charge is 0.450 e. The van der Waals surface area contributed by atoms with Crippen molar-refractivity contribution in [3.05, 3.63) is 35.9 Å². The van der Waals surface area contributed by atoms with Crippen molar-refractivity contribution in [2.24, 2.45) is 0 Å². The van der Waals surface area contributed by atoms with Crippen molar-refractivity contribution in [2.75, 3.05) is 19.7 Å². The van der Waals surface area contributed by atoms with Crippen molar-refractivity contribution < 1.29 is 14.3 Å². The second-order valence-corrected chi connectivity index (χ2v) is 4.07. The fourth-order valence-electron chi connectivity index (χ4n) is 1.63. The summed E-state index contributed by atoms with van der Waals surface area (Å²) in [6, 6.07) is 9.74. The van der Waals surface area contributed by atoms with Gasteiger partial charge in [-0.15, -0.1) is 0 Å². The molecule has 0 fully saturated rings. The lowest BCUT2D eigenvalue weighted by atomic mass is 10.2. The van der Waals surface area contributed by atoms with Gasteiger partial charge in [0, 0.05) is 26.6 Å². The number of hydrogen-bond acceptors (Lipinski definition) is 3. The Balaban J connectivity index is 2.41. The summed E-state index contributed by atoms with van der Waals surface area (Å²) >= 11 is 0. The summed E-state index contributed by atoms with van der Waals surface area (Å²) in [7, 11) is 0. The highest BCUT2D eigenvalue weighted by atomic mass is 16.5. The molecule has 1 rings (SSSR count). The molecule has 1 aromatic rings. The first-order chi connectivity index (χ1) is 9.13. The van der Waals surface area contributed by atoms with Gasteiger partial charge in [0.25, 0.3) is 0 Å². The van der Waals surface area contributed by atoms with Gasteiger partial charge in [-0.05, 0) is 12.5 Å². The highest BCUT2D eigenvalue weighted by Crippen LogP contribution is 2.04. The van der Waals surface area contributed by atoms with Gasteiger partial charge in [0.15, 0.2) is 0 Å². The molecule has 2 amide bonds. The van der Waals surface area contributed by atoms with Gasteiger partial charge in [0.2, 0.25) is 5.91 Å². The predicted octanol–water partition coefficient (Wildman–Crippen LogP) is 1.78. The molecule has 0 radical (unpaired) electrons. The summed E-state index contributed by atoms with van der Waals surface area (Å²) in [5.74, 6) is -0.0190. The Hall–Kier alpha value is -2.04. The van der Waals surface area contributed by atoms with Crippen LogP contribution < -0.4 is 5.32 Å². The minimum atomic E-state index is -0.453. The molecule has 19 heavy (non-hydrogen) atoms. The lowest BCUT2D eigenvalue weighted by Gasteiger charge is -2.21. The first-order valence-corrected chi connectivity index (χ1v) is 6.33. The minimum absolute atomic E-state index is 0.0190. The van der Waals surface area contributed by atoms with Crippen LogP contribution in [0.15, 0.2) is 30.3 Å². The van der Waals surface area contributed by atoms with Crippen molar-refractivity contribution in [1.29, 1.82) is 0 Å². The molecule has 5 nitrogen and oxygen atoms in total. The van der Waals surface area contributed by atoms with Gasteiger partial charge in [-0.3, -0.25) is 4.79 Å². The van der Waals surface area contributed by atoms with Crippen molar-refractivity contribution in [2.45, 2.75) is 20.4 Å². The van der Waals surface area contributed by atoms with Gasteiger partial charge in [0.1, 0.15) is 0 Å². The van der Waals surface area contributed by atoms with Gasteiger partial charge in [-0.1, -0.05) is 30.3 Å². The van der Waals surface area contributed by atoms with Crippen LogP contribution in [0.2, 0.25) is 0 Å². The molecule has 0 unspecified atom stereocenters. The maximum Gasteiger partial charge on any atom is 0.407 e. The zero-order chi connectivity index (χ0) is 14.1. The summed E-state index contributed by atoms with van der Waals surface area (Å²) < 4.78 is 4.75. The van der Waals surface area contributed by atoms with Crippen LogP contribution in [0, 0.1) is 0 Å². The Morgan fingerprint density at radius 1 is 1.26 bits per heavy atom. The van der Waals surface area contributed by atoms with Crippen LogP contribution in [0.1, 0.15) is 19.4 Å². The van der Waals surface area contributed by atoms with Crippen LogP contribution in [0.4, 0.5) is 4.79 Å². The Morgan fingerprint density at radius 2 is 1.95 bits per heavy atom. The molecule has 0 spiro atoms. The fraction of sp³-hybridized carbons (Fsp3) is 0.429. The smallest absolute Gasteiger partial charge is 0.407 e. The highest BCUT2D eigenvalue weighted by molar-refractivity contribution is 5.73. The van der Waals surface area contributed by atoms with Crippen molar-refractivity contribution in [1.82, 2.24) is 10.2 Å². The second kappa shape index (κ2) is 8.13. The van der Waals surface area contributed by atoms with Gasteiger partial charge in [-0.25, -0.2) is 4.79 Å². The molecule has 0 atom stereocenters. The summed E-state index contributed by atoms with van der Waals surface area (Å²) in [5, 5.41) is 2.60. The van der Waals surface area contributed by atoms with Gasteiger partial charge < -0.3 is 15.0 Å². The number of nitrogens with one attached hydrogen (secondary N) is 1. The van der Waals surface area contributed by atoms with Gasteiger partial charge in [-0.2, -0.15) is 0 Å². The van der Waals surface area contributed by atoms with E-state index in [1.165, 1.54) is 6.92 Å². The third-order valence-electron chi connectivity index (χ3n) is 2.59. The van der Waals surface area contributed by atoms with Crippen molar-refractivity contribution in [3.8, 4) is 0 Å². The molecule has 0 aromatic heterocycles. The highest BCUT2D eigenvalue weighted by Gasteiger charge is 2.09. The topological polar surface area (TPSA) is 58.6 Å². The molecular formula is C14H20N2O3. The molecule has 0 aliphatic rings. The second-order valence-electron chi connectivity index (χ2n) is 4.07. The molecule has 5 heteroatoms. The molecule has 0 heterocycles. The van der Waals surface area contributed by atoms with E-state index >= 15 is 0 Å². The first kappa shape index (κ1) is 15.0. The molecule has 1 aromatic carbocycles. The van der Waals surface area contributed by atoms with E-state index in [0.29, 0.717) is 26.2 Å². The third kappa shape index (κ3) is 5.90. The Kier molecular flexibility index (Phi) is 6.43.